The molecule has 1 saturated heterocycles. The lowest BCUT2D eigenvalue weighted by molar-refractivity contribution is 0.196. The highest BCUT2D eigenvalue weighted by atomic mass is 16.5. The monoisotopic (exact) mass is 266 g/mol. The highest BCUT2D eigenvalue weighted by Gasteiger charge is 2.17. The molecule has 2 heterocycles. The van der Waals surface area contributed by atoms with E-state index in [1.807, 2.05) is 11.9 Å². The van der Waals surface area contributed by atoms with Gasteiger partial charge < -0.3 is 20.3 Å². The number of rotatable bonds is 6. The Balaban J connectivity index is 2.07. The average molecular weight is 266 g/mol. The Bertz CT molecular complexity index is 407. The van der Waals surface area contributed by atoms with Crippen molar-refractivity contribution in [2.45, 2.75) is 19.3 Å². The number of hydrogen-bond donors (Lipinski definition) is 1. The molecule has 0 aliphatic carbocycles. The summed E-state index contributed by atoms with van der Waals surface area (Å²) in [5.74, 6) is 1.61. The Kier molecular flexibility index (Phi) is 4.73. The van der Waals surface area contributed by atoms with E-state index in [9.17, 15) is 0 Å². The van der Waals surface area contributed by atoms with E-state index in [4.69, 9.17) is 10.5 Å². The summed E-state index contributed by atoms with van der Waals surface area (Å²) in [5, 5.41) is 0. The second-order valence-corrected chi connectivity index (χ2v) is 4.76. The molecule has 0 unspecified atom stereocenters. The molecule has 2 N–H and O–H groups in total. The van der Waals surface area contributed by atoms with Crippen molar-refractivity contribution in [3.63, 3.8) is 0 Å². The van der Waals surface area contributed by atoms with Crippen LogP contribution in [-0.4, -0.2) is 55.4 Å². The molecule has 1 aromatic rings. The molecule has 0 bridgehead atoms. The molecule has 0 atom stereocenters. The molecule has 1 aliphatic rings. The summed E-state index contributed by atoms with van der Waals surface area (Å²) >= 11 is 0. The van der Waals surface area contributed by atoms with E-state index in [-0.39, 0.29) is 5.95 Å². The minimum absolute atomic E-state index is 0.283. The highest BCUT2D eigenvalue weighted by Crippen LogP contribution is 2.18. The second-order valence-electron chi connectivity index (χ2n) is 4.76. The van der Waals surface area contributed by atoms with Gasteiger partial charge in [-0.25, -0.2) is 0 Å². The van der Waals surface area contributed by atoms with Gasteiger partial charge in [0, 0.05) is 40.4 Å². The molecule has 1 fully saturated rings. The van der Waals surface area contributed by atoms with Crippen molar-refractivity contribution >= 4 is 17.8 Å². The smallest absolute Gasteiger partial charge is 0.231 e. The van der Waals surface area contributed by atoms with E-state index in [2.05, 4.69) is 19.9 Å². The molecule has 0 amide bonds. The van der Waals surface area contributed by atoms with Gasteiger partial charge in [0.25, 0.3) is 0 Å². The summed E-state index contributed by atoms with van der Waals surface area (Å²) < 4.78 is 5.04. The number of nitrogen functional groups attached to an aromatic ring is 1. The fourth-order valence-corrected chi connectivity index (χ4v) is 2.14. The van der Waals surface area contributed by atoms with Crippen molar-refractivity contribution < 1.29 is 4.74 Å². The van der Waals surface area contributed by atoms with Crippen molar-refractivity contribution in [1.82, 2.24) is 15.0 Å². The van der Waals surface area contributed by atoms with Gasteiger partial charge in [-0.3, -0.25) is 0 Å². The minimum atomic E-state index is 0.283. The van der Waals surface area contributed by atoms with Crippen LogP contribution in [0.2, 0.25) is 0 Å². The van der Waals surface area contributed by atoms with Crippen LogP contribution in [0.5, 0.6) is 0 Å². The van der Waals surface area contributed by atoms with Gasteiger partial charge in [-0.2, -0.15) is 15.0 Å². The molecule has 1 aliphatic heterocycles. The number of ether oxygens (including phenoxy) is 1. The molecule has 2 rings (SSSR count). The van der Waals surface area contributed by atoms with Gasteiger partial charge in [0.2, 0.25) is 17.8 Å². The highest BCUT2D eigenvalue weighted by molar-refractivity contribution is 5.43. The standard InChI is InChI=1S/C12H22N6O/c1-17(6-5-9-19-2)11-14-10(13)15-12(16-11)18-7-3-4-8-18/h3-9H2,1-2H3,(H2,13,14,15,16). The number of aromatic nitrogens is 3. The van der Waals surface area contributed by atoms with Crippen LogP contribution in [0.3, 0.4) is 0 Å². The Morgan fingerprint density at radius 3 is 2.68 bits per heavy atom. The van der Waals surface area contributed by atoms with Crippen LogP contribution in [0, 0.1) is 0 Å². The number of anilines is 3. The Morgan fingerprint density at radius 1 is 1.26 bits per heavy atom. The van der Waals surface area contributed by atoms with Gasteiger partial charge >= 0.3 is 0 Å². The summed E-state index contributed by atoms with van der Waals surface area (Å²) in [4.78, 5) is 17.1. The number of methoxy groups -OCH3 is 1. The van der Waals surface area contributed by atoms with Crippen LogP contribution in [0.25, 0.3) is 0 Å². The van der Waals surface area contributed by atoms with Crippen molar-refractivity contribution in [1.29, 1.82) is 0 Å². The van der Waals surface area contributed by atoms with Gasteiger partial charge in [-0.1, -0.05) is 0 Å². The van der Waals surface area contributed by atoms with Crippen LogP contribution < -0.4 is 15.5 Å². The van der Waals surface area contributed by atoms with Gasteiger partial charge in [-0.05, 0) is 19.3 Å². The van der Waals surface area contributed by atoms with E-state index >= 15 is 0 Å². The average Bonchev–Trinajstić information content (AvgIpc) is 2.92. The SMILES string of the molecule is COCCCN(C)c1nc(N)nc(N2CCCC2)n1. The first-order valence-electron chi connectivity index (χ1n) is 6.67. The molecule has 1 aromatic heterocycles. The van der Waals surface area contributed by atoms with Crippen molar-refractivity contribution in [3.8, 4) is 0 Å². The van der Waals surface area contributed by atoms with Crippen LogP contribution >= 0.6 is 0 Å². The molecular formula is C12H22N6O. The van der Waals surface area contributed by atoms with E-state index in [1.165, 1.54) is 12.8 Å². The topological polar surface area (TPSA) is 80.4 Å². The van der Waals surface area contributed by atoms with Gasteiger partial charge in [0.15, 0.2) is 0 Å². The van der Waals surface area contributed by atoms with E-state index in [1.54, 1.807) is 7.11 Å². The third-order valence-electron chi connectivity index (χ3n) is 3.20. The zero-order valence-corrected chi connectivity index (χ0v) is 11.7. The zero-order valence-electron chi connectivity index (χ0n) is 11.7. The summed E-state index contributed by atoms with van der Waals surface area (Å²) in [6.07, 6.45) is 3.30. The van der Waals surface area contributed by atoms with Crippen LogP contribution in [-0.2, 0) is 4.74 Å². The normalized spacial score (nSPS) is 14.9. The molecule has 106 valence electrons. The number of nitrogens with zero attached hydrogens (tertiary/aromatic N) is 5. The fraction of sp³-hybridized carbons (Fsp3) is 0.750. The second kappa shape index (κ2) is 6.51. The van der Waals surface area contributed by atoms with Crippen molar-refractivity contribution in [2.75, 3.05) is 55.9 Å². The first-order valence-corrected chi connectivity index (χ1v) is 6.67. The summed E-state index contributed by atoms with van der Waals surface area (Å²) in [6, 6.07) is 0. The van der Waals surface area contributed by atoms with E-state index < -0.39 is 0 Å². The lowest BCUT2D eigenvalue weighted by Gasteiger charge is -2.20. The first kappa shape index (κ1) is 13.8. The predicted octanol–water partition coefficient (Wildman–Crippen LogP) is 0.527. The van der Waals surface area contributed by atoms with E-state index in [0.29, 0.717) is 11.9 Å². The third-order valence-corrected chi connectivity index (χ3v) is 3.20. The molecular weight excluding hydrogens is 244 g/mol. The Morgan fingerprint density at radius 2 is 2.00 bits per heavy atom. The summed E-state index contributed by atoms with van der Waals surface area (Å²) in [7, 11) is 3.66. The molecule has 0 saturated carbocycles. The van der Waals surface area contributed by atoms with Crippen LogP contribution in [0.4, 0.5) is 17.8 Å². The molecule has 19 heavy (non-hydrogen) atoms. The largest absolute Gasteiger partial charge is 0.385 e. The molecule has 0 aromatic carbocycles. The zero-order chi connectivity index (χ0) is 13.7. The molecule has 0 spiro atoms. The lowest BCUT2D eigenvalue weighted by Crippen LogP contribution is -2.26. The fourth-order valence-electron chi connectivity index (χ4n) is 2.14. The summed E-state index contributed by atoms with van der Waals surface area (Å²) in [6.45, 7) is 3.55. The third kappa shape index (κ3) is 3.66. The predicted molar refractivity (Wildman–Crippen MR) is 75.4 cm³/mol. The Hall–Kier alpha value is -1.63. The van der Waals surface area contributed by atoms with Crippen LogP contribution in [0.1, 0.15) is 19.3 Å². The first-order chi connectivity index (χ1) is 9.20. The maximum Gasteiger partial charge on any atom is 0.231 e. The number of nitrogens with two attached hydrogens (primary N) is 1. The maximum atomic E-state index is 5.78. The molecule has 7 heteroatoms. The van der Waals surface area contributed by atoms with Crippen molar-refractivity contribution in [2.24, 2.45) is 0 Å². The van der Waals surface area contributed by atoms with Crippen molar-refractivity contribution in [3.05, 3.63) is 0 Å². The van der Waals surface area contributed by atoms with Crippen LogP contribution in [0.15, 0.2) is 0 Å². The number of hydrogen-bond acceptors (Lipinski definition) is 7. The van der Waals surface area contributed by atoms with Gasteiger partial charge in [0.1, 0.15) is 0 Å². The minimum Gasteiger partial charge on any atom is -0.385 e. The lowest BCUT2D eigenvalue weighted by atomic mass is 10.4. The molecule has 7 nitrogen and oxygen atoms in total. The van der Waals surface area contributed by atoms with Gasteiger partial charge in [0.05, 0.1) is 0 Å². The maximum absolute atomic E-state index is 5.78. The Labute approximate surface area is 113 Å². The summed E-state index contributed by atoms with van der Waals surface area (Å²) in [5.41, 5.74) is 5.78. The quantitative estimate of drug-likeness (QED) is 0.752. The van der Waals surface area contributed by atoms with Gasteiger partial charge in [-0.15, -0.1) is 0 Å². The van der Waals surface area contributed by atoms with E-state index in [0.717, 1.165) is 32.7 Å². The molecule has 0 radical (unpaired) electrons.